The number of halogens is 13. The lowest BCUT2D eigenvalue weighted by Crippen LogP contribution is -2.55. The van der Waals surface area contributed by atoms with Crippen LogP contribution in [0.3, 0.4) is 0 Å². The van der Waals surface area contributed by atoms with Gasteiger partial charge in [0.2, 0.25) is 11.9 Å². The van der Waals surface area contributed by atoms with Crippen molar-refractivity contribution in [3.05, 3.63) is 72.6 Å². The van der Waals surface area contributed by atoms with Gasteiger partial charge in [-0.25, -0.2) is 0 Å². The van der Waals surface area contributed by atoms with Crippen molar-refractivity contribution in [2.75, 3.05) is 0 Å². The normalized spacial score (nSPS) is 14.5. The Morgan fingerprint density at radius 3 is 1.88 bits per heavy atom. The number of Topliss-reactive ketones (excluding diaryl/α,β-unsaturated/α-hetero) is 1. The second-order valence-corrected chi connectivity index (χ2v) is 10.5. The monoisotopic (exact) mass is 705 g/mol. The Kier molecular flexibility index (Phi) is 11.1. The minimum absolute atomic E-state index is 0.0526. The predicted octanol–water partition coefficient (Wildman–Crippen LogP) is 9.59. The molecule has 0 aliphatic rings. The molecule has 0 aromatic heterocycles. The predicted molar refractivity (Wildman–Crippen MR) is 136 cm³/mol. The van der Waals surface area contributed by atoms with Gasteiger partial charge in [0.15, 0.2) is 5.78 Å². The molecule has 0 bridgehead atoms. The third kappa shape index (κ3) is 9.02. The fourth-order valence-corrected chi connectivity index (χ4v) is 4.58. The number of allylic oxidation sites excluding steroid dienone is 1. The minimum atomic E-state index is -5.80. The number of alkyl halides is 9. The first kappa shape index (κ1) is 34.2. The van der Waals surface area contributed by atoms with Gasteiger partial charge in [0.1, 0.15) is 0 Å². The lowest BCUT2D eigenvalue weighted by atomic mass is 9.96. The molecular formula is C24H16BrCl3F9NO2. The van der Waals surface area contributed by atoms with Crippen LogP contribution >= 0.6 is 50.7 Å². The number of carbonyl (C=O) groups is 2. The van der Waals surface area contributed by atoms with Gasteiger partial charge in [-0.3, -0.25) is 9.59 Å². The topological polar surface area (TPSA) is 46.2 Å². The van der Waals surface area contributed by atoms with Crippen molar-refractivity contribution < 1.29 is 49.1 Å². The fourth-order valence-electron chi connectivity index (χ4n) is 3.35. The second-order valence-electron chi connectivity index (χ2n) is 8.47. The number of nitrogens with one attached hydrogen (secondary N) is 1. The number of hydrogen-bond donors (Lipinski definition) is 1. The molecule has 0 saturated heterocycles. The number of benzene rings is 2. The molecule has 40 heavy (non-hydrogen) atoms. The van der Waals surface area contributed by atoms with E-state index < -0.39 is 54.5 Å². The zero-order valence-electron chi connectivity index (χ0n) is 19.7. The molecule has 2 aromatic carbocycles. The van der Waals surface area contributed by atoms with Gasteiger partial charge in [0, 0.05) is 22.4 Å². The molecule has 0 aliphatic carbocycles. The third-order valence-electron chi connectivity index (χ3n) is 5.37. The van der Waals surface area contributed by atoms with Crippen LogP contribution < -0.4 is 5.32 Å². The van der Waals surface area contributed by atoms with Crippen molar-refractivity contribution in [2.45, 2.75) is 43.8 Å². The summed E-state index contributed by atoms with van der Waals surface area (Å²) in [6.45, 7) is 0.967. The molecule has 1 amide bonds. The maximum absolute atomic E-state index is 13.7. The SMILES string of the molecule is CC(CC(=O)c1ccc(/C=C/C(c2cc(Cl)c(Cl)c(Cl)c2)C(F)(F)F)cc1Br)C(=O)NC(C(F)(F)F)C(F)(F)F. The van der Waals surface area contributed by atoms with E-state index in [1.807, 2.05) is 0 Å². The number of ketones is 1. The first-order valence-electron chi connectivity index (χ1n) is 10.8. The van der Waals surface area contributed by atoms with Crippen molar-refractivity contribution in [1.29, 1.82) is 0 Å². The van der Waals surface area contributed by atoms with Crippen LogP contribution in [0.4, 0.5) is 39.5 Å². The number of rotatable bonds is 8. The van der Waals surface area contributed by atoms with Crippen LogP contribution in [0.15, 0.2) is 40.9 Å². The van der Waals surface area contributed by atoms with Crippen LogP contribution in [0.2, 0.25) is 15.1 Å². The van der Waals surface area contributed by atoms with Gasteiger partial charge in [-0.1, -0.05) is 75.9 Å². The van der Waals surface area contributed by atoms with Crippen molar-refractivity contribution >= 4 is 68.5 Å². The smallest absolute Gasteiger partial charge is 0.337 e. The van der Waals surface area contributed by atoms with Crippen molar-refractivity contribution in [3.8, 4) is 0 Å². The van der Waals surface area contributed by atoms with Crippen molar-refractivity contribution in [1.82, 2.24) is 5.32 Å². The van der Waals surface area contributed by atoms with Crippen LogP contribution in [-0.4, -0.2) is 36.3 Å². The zero-order valence-corrected chi connectivity index (χ0v) is 23.6. The summed E-state index contributed by atoms with van der Waals surface area (Å²) in [7, 11) is 0. The highest BCUT2D eigenvalue weighted by molar-refractivity contribution is 9.10. The number of hydrogen-bond acceptors (Lipinski definition) is 2. The molecule has 3 nitrogen and oxygen atoms in total. The highest BCUT2D eigenvalue weighted by atomic mass is 79.9. The van der Waals surface area contributed by atoms with E-state index in [9.17, 15) is 49.1 Å². The maximum atomic E-state index is 13.7. The standard InChI is InChI=1S/C24H16BrCl3F9NO2/c1-10(20(40)38-21(23(32,33)34)24(35,36)37)6-18(39)13-4-2-11(7-15(13)25)3-5-14(22(29,30)31)12-8-16(26)19(28)17(27)9-12/h2-5,7-10,14,21H,6H2,1H3,(H,38,40)/b5-3+. The molecule has 0 spiro atoms. The summed E-state index contributed by atoms with van der Waals surface area (Å²) >= 11 is 20.6. The number of carbonyl (C=O) groups excluding carboxylic acids is 2. The van der Waals surface area contributed by atoms with Crippen molar-refractivity contribution in [2.24, 2.45) is 5.92 Å². The first-order chi connectivity index (χ1) is 18.1. The lowest BCUT2D eigenvalue weighted by molar-refractivity contribution is -0.257. The van der Waals surface area contributed by atoms with Gasteiger partial charge >= 0.3 is 18.5 Å². The Labute approximate surface area is 244 Å². The lowest BCUT2D eigenvalue weighted by Gasteiger charge is -2.25. The van der Waals surface area contributed by atoms with E-state index in [0.717, 1.165) is 36.5 Å². The summed E-state index contributed by atoms with van der Waals surface area (Å²) in [5.41, 5.74) is -0.212. The molecule has 2 rings (SSSR count). The maximum Gasteiger partial charge on any atom is 0.417 e. The minimum Gasteiger partial charge on any atom is -0.337 e. The molecule has 0 fully saturated rings. The Balaban J connectivity index is 2.21. The molecular weight excluding hydrogens is 692 g/mol. The van der Waals surface area contributed by atoms with Gasteiger partial charge in [0.05, 0.1) is 21.0 Å². The van der Waals surface area contributed by atoms with Crippen LogP contribution in [-0.2, 0) is 4.79 Å². The molecule has 220 valence electrons. The van der Waals surface area contributed by atoms with Gasteiger partial charge in [-0.05, 0) is 35.4 Å². The summed E-state index contributed by atoms with van der Waals surface area (Å²) in [4.78, 5) is 24.5. The quantitative estimate of drug-likeness (QED) is 0.169. The average Bonchev–Trinajstić information content (AvgIpc) is 2.78. The molecule has 1 N–H and O–H groups in total. The van der Waals surface area contributed by atoms with E-state index in [2.05, 4.69) is 15.9 Å². The van der Waals surface area contributed by atoms with Gasteiger partial charge in [-0.15, -0.1) is 0 Å². The third-order valence-corrected chi connectivity index (χ3v) is 7.23. The summed E-state index contributed by atoms with van der Waals surface area (Å²) < 4.78 is 117. The van der Waals surface area contributed by atoms with E-state index in [1.165, 1.54) is 18.2 Å². The molecule has 0 aliphatic heterocycles. The summed E-state index contributed by atoms with van der Waals surface area (Å²) in [6, 6.07) is 1.59. The van der Waals surface area contributed by atoms with Crippen LogP contribution in [0.1, 0.15) is 40.7 Å². The average molecular weight is 708 g/mol. The van der Waals surface area contributed by atoms with E-state index in [0.29, 0.717) is 0 Å². The Bertz CT molecular complexity index is 1260. The van der Waals surface area contributed by atoms with Gasteiger partial charge in [-0.2, -0.15) is 39.5 Å². The summed E-state index contributed by atoms with van der Waals surface area (Å²) in [6.07, 6.45) is -15.2. The zero-order chi connectivity index (χ0) is 30.8. The summed E-state index contributed by atoms with van der Waals surface area (Å²) in [5.74, 6) is -6.18. The number of amides is 1. The Hall–Kier alpha value is -1.96. The van der Waals surface area contributed by atoms with Crippen LogP contribution in [0.25, 0.3) is 6.08 Å². The molecule has 2 atom stereocenters. The first-order valence-corrected chi connectivity index (χ1v) is 12.7. The fraction of sp³-hybridized carbons (Fsp3) is 0.333. The molecule has 0 heterocycles. The van der Waals surface area contributed by atoms with E-state index in [-0.39, 0.29) is 36.2 Å². The van der Waals surface area contributed by atoms with Crippen LogP contribution in [0.5, 0.6) is 0 Å². The summed E-state index contributed by atoms with van der Waals surface area (Å²) in [5, 5.41) is 0.371. The molecule has 2 unspecified atom stereocenters. The van der Waals surface area contributed by atoms with Crippen LogP contribution in [0, 0.1) is 5.92 Å². The van der Waals surface area contributed by atoms with Gasteiger partial charge in [0.25, 0.3) is 0 Å². The Morgan fingerprint density at radius 1 is 0.900 bits per heavy atom. The molecule has 0 saturated carbocycles. The van der Waals surface area contributed by atoms with Gasteiger partial charge < -0.3 is 5.32 Å². The van der Waals surface area contributed by atoms with E-state index >= 15 is 0 Å². The van der Waals surface area contributed by atoms with Crippen molar-refractivity contribution in [3.63, 3.8) is 0 Å². The second kappa shape index (κ2) is 12.9. The highest BCUT2D eigenvalue weighted by Crippen LogP contribution is 2.41. The largest absolute Gasteiger partial charge is 0.417 e. The molecule has 0 radical (unpaired) electrons. The molecule has 2 aromatic rings. The molecule has 16 heteroatoms. The van der Waals surface area contributed by atoms with E-state index in [1.54, 1.807) is 0 Å². The highest BCUT2D eigenvalue weighted by Gasteiger charge is 2.57. The van der Waals surface area contributed by atoms with E-state index in [4.69, 9.17) is 34.8 Å². The Morgan fingerprint density at radius 2 is 1.43 bits per heavy atom.